The highest BCUT2D eigenvalue weighted by Crippen LogP contribution is 2.40. The predicted octanol–water partition coefficient (Wildman–Crippen LogP) is 3.92. The molecule has 5 heteroatoms. The van der Waals surface area contributed by atoms with Gasteiger partial charge in [0.25, 0.3) is 0 Å². The molecule has 0 N–H and O–H groups in total. The van der Waals surface area contributed by atoms with Crippen molar-refractivity contribution in [2.24, 2.45) is 0 Å². The number of nitrogens with zero attached hydrogens (tertiary/aromatic N) is 3. The minimum atomic E-state index is 0.910. The van der Waals surface area contributed by atoms with Crippen molar-refractivity contribution >= 4 is 33.3 Å². The molecule has 0 spiro atoms. The lowest BCUT2D eigenvalue weighted by Crippen LogP contribution is -2.25. The molecule has 21 heavy (non-hydrogen) atoms. The summed E-state index contributed by atoms with van der Waals surface area (Å²) in [7, 11) is 0. The van der Waals surface area contributed by atoms with Gasteiger partial charge < -0.3 is 4.90 Å². The number of fused-ring (bicyclic) bond motifs is 3. The van der Waals surface area contributed by atoms with Gasteiger partial charge in [0.05, 0.1) is 0 Å². The van der Waals surface area contributed by atoms with Crippen molar-refractivity contribution in [3.05, 3.63) is 16.3 Å². The molecule has 0 atom stereocenters. The number of aromatic nitrogens is 2. The summed E-state index contributed by atoms with van der Waals surface area (Å²) in [6.07, 6.45) is 3.75. The zero-order valence-corrected chi connectivity index (χ0v) is 14.7. The van der Waals surface area contributed by atoms with Crippen molar-refractivity contribution in [3.63, 3.8) is 0 Å². The zero-order chi connectivity index (χ0) is 14.8. The van der Waals surface area contributed by atoms with Crippen LogP contribution in [-0.2, 0) is 12.8 Å². The lowest BCUT2D eigenvalue weighted by Gasteiger charge is -2.17. The van der Waals surface area contributed by atoms with Gasteiger partial charge in [0.15, 0.2) is 0 Å². The van der Waals surface area contributed by atoms with E-state index in [9.17, 15) is 0 Å². The first-order valence-electron chi connectivity index (χ1n) is 7.87. The van der Waals surface area contributed by atoms with Crippen LogP contribution in [0.25, 0.3) is 10.2 Å². The second kappa shape index (κ2) is 6.63. The van der Waals surface area contributed by atoms with Crippen molar-refractivity contribution in [2.75, 3.05) is 25.4 Å². The molecule has 0 radical (unpaired) electrons. The standard InChI is InChI=1S/C16H23N3S2/c1-4-19(5-2)9-10-20-15-14-12-7-6-8-13(12)21-16(14)18-11(3)17-15/h4-10H2,1-3H3. The second-order valence-electron chi connectivity index (χ2n) is 5.49. The summed E-state index contributed by atoms with van der Waals surface area (Å²) in [5, 5.41) is 2.58. The second-order valence-corrected chi connectivity index (χ2v) is 7.66. The summed E-state index contributed by atoms with van der Waals surface area (Å²) >= 11 is 3.80. The molecular formula is C16H23N3S2. The molecule has 0 unspecified atom stereocenters. The maximum Gasteiger partial charge on any atom is 0.128 e. The van der Waals surface area contributed by atoms with E-state index in [-0.39, 0.29) is 0 Å². The SMILES string of the molecule is CCN(CC)CCSc1nc(C)nc2sc3c(c12)CCC3. The van der Waals surface area contributed by atoms with Gasteiger partial charge in [-0.3, -0.25) is 0 Å². The van der Waals surface area contributed by atoms with Crippen molar-refractivity contribution in [1.29, 1.82) is 0 Å². The number of rotatable bonds is 6. The van der Waals surface area contributed by atoms with Gasteiger partial charge in [-0.1, -0.05) is 13.8 Å². The number of thiophene rings is 1. The average Bonchev–Trinajstić information content (AvgIpc) is 3.03. The first-order valence-corrected chi connectivity index (χ1v) is 9.67. The van der Waals surface area contributed by atoms with Crippen LogP contribution in [0.3, 0.4) is 0 Å². The van der Waals surface area contributed by atoms with Crippen LogP contribution in [0.5, 0.6) is 0 Å². The largest absolute Gasteiger partial charge is 0.303 e. The predicted molar refractivity (Wildman–Crippen MR) is 92.7 cm³/mol. The Bertz CT molecular complexity index is 632. The molecule has 1 aliphatic carbocycles. The van der Waals surface area contributed by atoms with E-state index in [1.165, 1.54) is 34.5 Å². The van der Waals surface area contributed by atoms with Gasteiger partial charge in [-0.25, -0.2) is 9.97 Å². The molecule has 3 rings (SSSR count). The fourth-order valence-electron chi connectivity index (χ4n) is 2.98. The van der Waals surface area contributed by atoms with Crippen LogP contribution in [0.4, 0.5) is 0 Å². The van der Waals surface area contributed by atoms with E-state index in [4.69, 9.17) is 4.98 Å². The summed E-state index contributed by atoms with van der Waals surface area (Å²) < 4.78 is 0. The molecule has 0 saturated heterocycles. The molecule has 2 aromatic rings. The van der Waals surface area contributed by atoms with E-state index in [0.717, 1.165) is 31.2 Å². The Kier molecular flexibility index (Phi) is 4.82. The van der Waals surface area contributed by atoms with Gasteiger partial charge in [0.1, 0.15) is 15.7 Å². The van der Waals surface area contributed by atoms with E-state index in [0.29, 0.717) is 0 Å². The van der Waals surface area contributed by atoms with Crippen LogP contribution in [0.15, 0.2) is 5.03 Å². The van der Waals surface area contributed by atoms with Crippen LogP contribution in [0.1, 0.15) is 36.5 Å². The van der Waals surface area contributed by atoms with E-state index < -0.39 is 0 Å². The first-order chi connectivity index (χ1) is 10.2. The maximum atomic E-state index is 4.74. The van der Waals surface area contributed by atoms with Crippen molar-refractivity contribution in [3.8, 4) is 0 Å². The third-order valence-electron chi connectivity index (χ3n) is 4.18. The van der Waals surface area contributed by atoms with E-state index in [1.54, 1.807) is 10.4 Å². The van der Waals surface area contributed by atoms with Crippen LogP contribution < -0.4 is 0 Å². The molecule has 0 aliphatic heterocycles. The number of hydrogen-bond donors (Lipinski definition) is 0. The highest BCUT2D eigenvalue weighted by atomic mass is 32.2. The highest BCUT2D eigenvalue weighted by Gasteiger charge is 2.21. The minimum absolute atomic E-state index is 0.910. The fraction of sp³-hybridized carbons (Fsp3) is 0.625. The topological polar surface area (TPSA) is 29.0 Å². The molecular weight excluding hydrogens is 298 g/mol. The van der Waals surface area contributed by atoms with E-state index in [2.05, 4.69) is 23.7 Å². The summed E-state index contributed by atoms with van der Waals surface area (Å²) in [5.41, 5.74) is 1.54. The summed E-state index contributed by atoms with van der Waals surface area (Å²) in [5.74, 6) is 2.02. The number of thioether (sulfide) groups is 1. The molecule has 114 valence electrons. The Morgan fingerprint density at radius 2 is 2.00 bits per heavy atom. The summed E-state index contributed by atoms with van der Waals surface area (Å²) in [6.45, 7) is 9.86. The monoisotopic (exact) mass is 321 g/mol. The van der Waals surface area contributed by atoms with Gasteiger partial charge in [-0.15, -0.1) is 23.1 Å². The summed E-state index contributed by atoms with van der Waals surface area (Å²) in [4.78, 5) is 14.6. The number of aryl methyl sites for hydroxylation is 3. The van der Waals surface area contributed by atoms with Crippen molar-refractivity contribution in [2.45, 2.75) is 45.1 Å². The highest BCUT2D eigenvalue weighted by molar-refractivity contribution is 7.99. The normalized spacial score (nSPS) is 14.3. The quantitative estimate of drug-likeness (QED) is 0.595. The van der Waals surface area contributed by atoms with Crippen LogP contribution in [-0.4, -0.2) is 40.3 Å². The third-order valence-corrected chi connectivity index (χ3v) is 6.33. The van der Waals surface area contributed by atoms with Gasteiger partial charge >= 0.3 is 0 Å². The van der Waals surface area contributed by atoms with Gasteiger partial charge in [0.2, 0.25) is 0 Å². The first kappa shape index (κ1) is 15.3. The van der Waals surface area contributed by atoms with Crippen LogP contribution in [0.2, 0.25) is 0 Å². The summed E-state index contributed by atoms with van der Waals surface area (Å²) in [6, 6.07) is 0. The Labute approximate surface area is 135 Å². The molecule has 2 heterocycles. The molecule has 2 aromatic heterocycles. The molecule has 0 fully saturated rings. The maximum absolute atomic E-state index is 4.74. The average molecular weight is 322 g/mol. The molecule has 3 nitrogen and oxygen atoms in total. The van der Waals surface area contributed by atoms with E-state index in [1.807, 2.05) is 30.0 Å². The zero-order valence-electron chi connectivity index (χ0n) is 13.1. The van der Waals surface area contributed by atoms with E-state index >= 15 is 0 Å². The van der Waals surface area contributed by atoms with Crippen molar-refractivity contribution in [1.82, 2.24) is 14.9 Å². The molecule has 0 amide bonds. The Balaban J connectivity index is 1.84. The lowest BCUT2D eigenvalue weighted by molar-refractivity contribution is 0.324. The molecule has 0 bridgehead atoms. The minimum Gasteiger partial charge on any atom is -0.303 e. The Hall–Kier alpha value is -0.650. The lowest BCUT2D eigenvalue weighted by atomic mass is 10.2. The molecule has 0 aromatic carbocycles. The Morgan fingerprint density at radius 3 is 2.76 bits per heavy atom. The number of hydrogen-bond acceptors (Lipinski definition) is 5. The van der Waals surface area contributed by atoms with Gasteiger partial charge in [0, 0.05) is 22.6 Å². The Morgan fingerprint density at radius 1 is 1.19 bits per heavy atom. The van der Waals surface area contributed by atoms with Crippen molar-refractivity contribution < 1.29 is 0 Å². The third kappa shape index (κ3) is 3.10. The van der Waals surface area contributed by atoms with Gasteiger partial charge in [-0.05, 0) is 44.8 Å². The smallest absolute Gasteiger partial charge is 0.128 e. The fourth-order valence-corrected chi connectivity index (χ4v) is 5.45. The van der Waals surface area contributed by atoms with Crippen LogP contribution in [0, 0.1) is 6.92 Å². The van der Waals surface area contributed by atoms with Gasteiger partial charge in [-0.2, -0.15) is 0 Å². The molecule has 0 saturated carbocycles. The van der Waals surface area contributed by atoms with Crippen LogP contribution >= 0.6 is 23.1 Å². The molecule has 1 aliphatic rings.